The molecular weight excluding hydrogens is 430 g/mol. The monoisotopic (exact) mass is 465 g/mol. The molecule has 2 aromatic rings. The van der Waals surface area contributed by atoms with Crippen molar-refractivity contribution in [2.75, 3.05) is 30.5 Å². The summed E-state index contributed by atoms with van der Waals surface area (Å²) in [6, 6.07) is 14.1. The summed E-state index contributed by atoms with van der Waals surface area (Å²) in [7, 11) is 3.98. The van der Waals surface area contributed by atoms with Gasteiger partial charge in [-0.25, -0.2) is 0 Å². The van der Waals surface area contributed by atoms with Gasteiger partial charge in [0.25, 0.3) is 0 Å². The maximum atomic E-state index is 13.7. The maximum absolute atomic E-state index is 13.7. The van der Waals surface area contributed by atoms with Crippen LogP contribution in [0.1, 0.15) is 44.1 Å². The number of nitrogens with one attached hydrogen (secondary N) is 1. The minimum Gasteiger partial charge on any atom is -0.489 e. The molecule has 34 heavy (non-hydrogen) atoms. The molecule has 7 nitrogen and oxygen atoms in total. The van der Waals surface area contributed by atoms with Crippen LogP contribution in [0.3, 0.4) is 0 Å². The van der Waals surface area contributed by atoms with Crippen molar-refractivity contribution in [1.29, 1.82) is 0 Å². The second-order valence-corrected chi connectivity index (χ2v) is 9.61. The lowest BCUT2D eigenvalue weighted by atomic mass is 9.84. The van der Waals surface area contributed by atoms with Gasteiger partial charge in [0, 0.05) is 19.8 Å². The molecule has 182 valence electrons. The number of amides is 1. The van der Waals surface area contributed by atoms with Gasteiger partial charge in [0.2, 0.25) is 5.91 Å². The minimum absolute atomic E-state index is 0.0976. The molecule has 2 N–H and O–H groups in total. The van der Waals surface area contributed by atoms with Crippen LogP contribution in [-0.4, -0.2) is 49.8 Å². The van der Waals surface area contributed by atoms with Crippen LogP contribution in [0.25, 0.3) is 0 Å². The summed E-state index contributed by atoms with van der Waals surface area (Å²) in [5, 5.41) is 13.0. The minimum atomic E-state index is -0.911. The average Bonchev–Trinajstić information content (AvgIpc) is 2.97. The number of anilines is 2. The van der Waals surface area contributed by atoms with Gasteiger partial charge in [0.1, 0.15) is 24.4 Å². The molecule has 0 spiro atoms. The molecule has 2 atom stereocenters. The number of para-hydroxylation sites is 2. The van der Waals surface area contributed by atoms with Crippen molar-refractivity contribution in [2.45, 2.75) is 57.2 Å². The molecule has 4 rings (SSSR count). The fourth-order valence-corrected chi connectivity index (χ4v) is 4.96. The van der Waals surface area contributed by atoms with E-state index in [-0.39, 0.29) is 12.5 Å². The zero-order valence-electron chi connectivity index (χ0n) is 20.1. The number of ether oxygens (including phenoxy) is 1. The largest absolute Gasteiger partial charge is 0.489 e. The smallest absolute Gasteiger partial charge is 0.320 e. The predicted molar refractivity (Wildman–Crippen MR) is 133 cm³/mol. The number of carboxylic acid groups (broad SMARTS) is 1. The lowest BCUT2D eigenvalue weighted by molar-refractivity contribution is -0.140. The number of benzene rings is 2. The third-order valence-corrected chi connectivity index (χ3v) is 6.91. The first-order chi connectivity index (χ1) is 16.4. The second kappa shape index (κ2) is 10.9. The van der Waals surface area contributed by atoms with Crippen molar-refractivity contribution in [3.8, 4) is 5.75 Å². The molecule has 1 saturated carbocycles. The van der Waals surface area contributed by atoms with Crippen LogP contribution in [0.2, 0.25) is 0 Å². The van der Waals surface area contributed by atoms with Gasteiger partial charge in [-0.3, -0.25) is 14.9 Å². The van der Waals surface area contributed by atoms with Gasteiger partial charge in [-0.2, -0.15) is 0 Å². The van der Waals surface area contributed by atoms with E-state index in [1.165, 1.54) is 6.42 Å². The highest BCUT2D eigenvalue weighted by molar-refractivity contribution is 5.99. The first-order valence-corrected chi connectivity index (χ1v) is 12.2. The number of hydrogen-bond donors (Lipinski definition) is 2. The summed E-state index contributed by atoms with van der Waals surface area (Å²) in [4.78, 5) is 29.5. The Bertz CT molecular complexity index is 986. The number of hydrogen-bond acceptors (Lipinski definition) is 5. The first-order valence-electron chi connectivity index (χ1n) is 12.2. The molecule has 0 saturated heterocycles. The summed E-state index contributed by atoms with van der Waals surface area (Å²) >= 11 is 0. The molecule has 1 aliphatic carbocycles. The summed E-state index contributed by atoms with van der Waals surface area (Å²) in [5.74, 6) is -0.0700. The molecule has 2 aliphatic rings. The second-order valence-electron chi connectivity index (χ2n) is 9.61. The van der Waals surface area contributed by atoms with Crippen LogP contribution in [0.15, 0.2) is 48.5 Å². The van der Waals surface area contributed by atoms with E-state index < -0.39 is 18.1 Å². The molecule has 2 aromatic carbocycles. The SMILES string of the molecule is CN(C)c1ccc(CN2C(=O)[C@@H](N[C@@H](CC3CCCCC3)C(=O)O)COc3ccccc32)cc1. The van der Waals surface area contributed by atoms with Gasteiger partial charge >= 0.3 is 5.97 Å². The van der Waals surface area contributed by atoms with Gasteiger partial charge in [0.15, 0.2) is 0 Å². The van der Waals surface area contributed by atoms with Crippen LogP contribution < -0.4 is 19.9 Å². The van der Waals surface area contributed by atoms with E-state index in [0.717, 1.165) is 36.9 Å². The summed E-state index contributed by atoms with van der Waals surface area (Å²) in [5.41, 5.74) is 2.78. The number of aliphatic carboxylic acids is 1. The lowest BCUT2D eigenvalue weighted by Gasteiger charge is -2.29. The van der Waals surface area contributed by atoms with E-state index in [0.29, 0.717) is 30.3 Å². The fourth-order valence-electron chi connectivity index (χ4n) is 4.96. The standard InChI is InChI=1S/C27H35N3O4/c1-29(2)21-14-12-20(13-15-21)17-30-24-10-6-7-11-25(24)34-18-23(26(30)31)28-22(27(32)33)16-19-8-4-3-5-9-19/h6-7,10-15,19,22-23,28H,3-5,8-9,16-18H2,1-2H3,(H,32,33)/t22-,23-/m0/s1. The molecule has 7 heteroatoms. The van der Waals surface area contributed by atoms with E-state index in [1.807, 2.05) is 67.5 Å². The van der Waals surface area contributed by atoms with E-state index >= 15 is 0 Å². The van der Waals surface area contributed by atoms with Gasteiger partial charge < -0.3 is 19.6 Å². The average molecular weight is 466 g/mol. The van der Waals surface area contributed by atoms with Crippen molar-refractivity contribution in [2.24, 2.45) is 5.92 Å². The molecule has 0 radical (unpaired) electrons. The lowest BCUT2D eigenvalue weighted by Crippen LogP contribution is -2.54. The van der Waals surface area contributed by atoms with Crippen molar-refractivity contribution < 1.29 is 19.4 Å². The van der Waals surface area contributed by atoms with Crippen LogP contribution >= 0.6 is 0 Å². The van der Waals surface area contributed by atoms with E-state index in [1.54, 1.807) is 4.90 Å². The number of carbonyl (C=O) groups excluding carboxylic acids is 1. The summed E-state index contributed by atoms with van der Waals surface area (Å²) in [6.45, 7) is 0.478. The molecule has 0 bridgehead atoms. The van der Waals surface area contributed by atoms with Gasteiger partial charge in [-0.05, 0) is 42.2 Å². The third-order valence-electron chi connectivity index (χ3n) is 6.91. The van der Waals surface area contributed by atoms with Crippen molar-refractivity contribution in [1.82, 2.24) is 5.32 Å². The van der Waals surface area contributed by atoms with Gasteiger partial charge in [-0.15, -0.1) is 0 Å². The fraction of sp³-hybridized carbons (Fsp3) is 0.481. The molecule has 0 aromatic heterocycles. The van der Waals surface area contributed by atoms with Crippen molar-refractivity contribution in [3.05, 3.63) is 54.1 Å². The highest BCUT2D eigenvalue weighted by Gasteiger charge is 2.35. The third kappa shape index (κ3) is 5.70. The Morgan fingerprint density at radius 2 is 1.82 bits per heavy atom. The molecule has 1 fully saturated rings. The number of carbonyl (C=O) groups is 2. The Morgan fingerprint density at radius 3 is 2.50 bits per heavy atom. The summed E-state index contributed by atoms with van der Waals surface area (Å²) < 4.78 is 6.00. The number of carboxylic acids is 1. The van der Waals surface area contributed by atoms with Crippen molar-refractivity contribution >= 4 is 23.3 Å². The molecule has 1 amide bonds. The first kappa shape index (κ1) is 24.1. The Hall–Kier alpha value is -3.06. The van der Waals surface area contributed by atoms with E-state index in [2.05, 4.69) is 5.32 Å². The predicted octanol–water partition coefficient (Wildman–Crippen LogP) is 4.06. The summed E-state index contributed by atoms with van der Waals surface area (Å²) in [6.07, 6.45) is 6.18. The highest BCUT2D eigenvalue weighted by atomic mass is 16.5. The van der Waals surface area contributed by atoms with E-state index in [4.69, 9.17) is 4.74 Å². The molecule has 0 unspecified atom stereocenters. The van der Waals surface area contributed by atoms with Crippen LogP contribution in [0.5, 0.6) is 5.75 Å². The Kier molecular flexibility index (Phi) is 7.73. The zero-order valence-corrected chi connectivity index (χ0v) is 20.1. The van der Waals surface area contributed by atoms with E-state index in [9.17, 15) is 14.7 Å². The van der Waals surface area contributed by atoms with Crippen LogP contribution in [0, 0.1) is 5.92 Å². The van der Waals surface area contributed by atoms with Gasteiger partial charge in [-0.1, -0.05) is 56.4 Å². The maximum Gasteiger partial charge on any atom is 0.320 e. The van der Waals surface area contributed by atoms with Gasteiger partial charge in [0.05, 0.1) is 12.2 Å². The molecule has 1 aliphatic heterocycles. The van der Waals surface area contributed by atoms with Crippen LogP contribution in [0.4, 0.5) is 11.4 Å². The molecular formula is C27H35N3O4. The number of rotatable bonds is 8. The quantitative estimate of drug-likeness (QED) is 0.612. The number of nitrogens with zero attached hydrogens (tertiary/aromatic N) is 2. The number of fused-ring (bicyclic) bond motifs is 1. The highest BCUT2D eigenvalue weighted by Crippen LogP contribution is 2.33. The molecule has 1 heterocycles. The Balaban J connectivity index is 1.55. The normalized spacial score (nSPS) is 19.6. The van der Waals surface area contributed by atoms with Crippen LogP contribution in [-0.2, 0) is 16.1 Å². The Morgan fingerprint density at radius 1 is 1.12 bits per heavy atom. The zero-order chi connectivity index (χ0) is 24.1. The Labute approximate surface area is 201 Å². The topological polar surface area (TPSA) is 82.1 Å². The van der Waals surface area contributed by atoms with Crippen molar-refractivity contribution in [3.63, 3.8) is 0 Å².